The van der Waals surface area contributed by atoms with Crippen molar-refractivity contribution in [2.24, 2.45) is 23.2 Å². The van der Waals surface area contributed by atoms with Gasteiger partial charge in [-0.15, -0.1) is 0 Å². The van der Waals surface area contributed by atoms with Crippen molar-refractivity contribution in [1.82, 2.24) is 0 Å². The third-order valence-electron chi connectivity index (χ3n) is 5.02. The van der Waals surface area contributed by atoms with E-state index in [0.29, 0.717) is 9.80 Å². The molecule has 0 unspecified atom stereocenters. The molecule has 90 valence electrons. The summed E-state index contributed by atoms with van der Waals surface area (Å²) in [4.78, 5) is 0. The number of hydrogen-bond donors (Lipinski definition) is 1. The lowest BCUT2D eigenvalue weighted by Crippen LogP contribution is -2.46. The normalized spacial score (nSPS) is 44.7. The van der Waals surface area contributed by atoms with Crippen molar-refractivity contribution in [3.05, 3.63) is 0 Å². The van der Waals surface area contributed by atoms with Crippen molar-refractivity contribution in [3.63, 3.8) is 0 Å². The molecule has 3 heteroatoms. The van der Waals surface area contributed by atoms with Crippen LogP contribution in [0.3, 0.4) is 0 Å². The first-order valence-corrected chi connectivity index (χ1v) is 7.36. The molecule has 0 amide bonds. The van der Waals surface area contributed by atoms with Gasteiger partial charge in [0, 0.05) is 0 Å². The Kier molecular flexibility index (Phi) is 2.95. The van der Waals surface area contributed by atoms with E-state index in [-0.39, 0.29) is 0 Å². The third kappa shape index (κ3) is 2.13. The van der Waals surface area contributed by atoms with Gasteiger partial charge in [0.1, 0.15) is 0 Å². The summed E-state index contributed by atoms with van der Waals surface area (Å²) in [5.74, 6) is 3.11. The van der Waals surface area contributed by atoms with Crippen LogP contribution >= 0.6 is 24.8 Å². The number of thiol groups is 1. The van der Waals surface area contributed by atoms with Gasteiger partial charge in [-0.3, -0.25) is 0 Å². The van der Waals surface area contributed by atoms with Crippen LogP contribution in [-0.4, -0.2) is 11.0 Å². The van der Waals surface area contributed by atoms with E-state index < -0.39 is 0 Å². The lowest BCUT2D eigenvalue weighted by molar-refractivity contribution is -0.0625. The Labute approximate surface area is 109 Å². The minimum absolute atomic E-state index is 0.407. The van der Waals surface area contributed by atoms with E-state index in [1.54, 1.807) is 0 Å². The van der Waals surface area contributed by atoms with Crippen LogP contribution < -0.4 is 0 Å². The second kappa shape index (κ2) is 4.16. The largest absolute Gasteiger partial charge is 0.479 e. The Balaban J connectivity index is 1.62. The van der Waals surface area contributed by atoms with Gasteiger partial charge >= 0.3 is 0 Å². The van der Waals surface area contributed by atoms with Crippen LogP contribution in [0.25, 0.3) is 0 Å². The van der Waals surface area contributed by atoms with Gasteiger partial charge < -0.3 is 4.74 Å². The van der Waals surface area contributed by atoms with Crippen molar-refractivity contribution < 1.29 is 4.74 Å². The Morgan fingerprint density at radius 3 is 2.06 bits per heavy atom. The Morgan fingerprint density at radius 2 is 1.62 bits per heavy atom. The molecule has 0 heterocycles. The molecule has 1 nitrogen and oxygen atoms in total. The van der Waals surface area contributed by atoms with Crippen molar-refractivity contribution in [3.8, 4) is 0 Å². The highest BCUT2D eigenvalue weighted by atomic mass is 32.1. The Hall–Kier alpha value is 0.240. The molecule has 0 atom stereocenters. The first-order chi connectivity index (χ1) is 7.65. The first kappa shape index (κ1) is 11.3. The molecule has 4 rings (SSSR count). The van der Waals surface area contributed by atoms with E-state index in [4.69, 9.17) is 17.0 Å². The maximum absolute atomic E-state index is 5.38. The highest BCUT2D eigenvalue weighted by Gasteiger charge is 2.50. The summed E-state index contributed by atoms with van der Waals surface area (Å²) in [6.45, 7) is 0.786. The highest BCUT2D eigenvalue weighted by molar-refractivity contribution is 8.10. The van der Waals surface area contributed by atoms with E-state index in [0.717, 1.165) is 24.4 Å². The summed E-state index contributed by atoms with van der Waals surface area (Å²) >= 11 is 8.87. The molecule has 0 aromatic carbocycles. The molecule has 4 aliphatic carbocycles. The van der Waals surface area contributed by atoms with Gasteiger partial charge in [-0.25, -0.2) is 0 Å². The zero-order valence-corrected chi connectivity index (χ0v) is 11.4. The van der Waals surface area contributed by atoms with Crippen LogP contribution in [0, 0.1) is 23.2 Å². The second-order valence-electron chi connectivity index (χ2n) is 6.28. The van der Waals surface area contributed by atoms with Gasteiger partial charge in [-0.2, -0.15) is 0 Å². The van der Waals surface area contributed by atoms with E-state index in [1.165, 1.54) is 44.9 Å². The number of thiocarbonyl (C=S) groups is 1. The molecule has 0 radical (unpaired) electrons. The summed E-state index contributed by atoms with van der Waals surface area (Å²) in [6.07, 6.45) is 10.1. The lowest BCUT2D eigenvalue weighted by Gasteiger charge is -2.57. The third-order valence-corrected chi connectivity index (χ3v) is 5.27. The van der Waals surface area contributed by atoms with E-state index >= 15 is 0 Å². The lowest BCUT2D eigenvalue weighted by atomic mass is 9.49. The van der Waals surface area contributed by atoms with Crippen LogP contribution in [0.4, 0.5) is 0 Å². The molecule has 0 N–H and O–H groups in total. The summed E-state index contributed by atoms with van der Waals surface area (Å²) < 4.78 is 5.78. The quantitative estimate of drug-likeness (QED) is 0.607. The van der Waals surface area contributed by atoms with Crippen molar-refractivity contribution >= 4 is 29.2 Å². The molecule has 4 bridgehead atoms. The standard InChI is InChI=1S/C13H20OS2/c15-12(16)14-2-1-13-6-9-3-10(7-13)5-11(4-9)8-13/h9-11H,1-8H2,(H,15,16). The van der Waals surface area contributed by atoms with Gasteiger partial charge in [-0.1, -0.05) is 12.6 Å². The summed E-state index contributed by atoms with van der Waals surface area (Å²) in [5, 5.41) is 0. The molecule has 16 heavy (non-hydrogen) atoms. The molecular weight excluding hydrogens is 236 g/mol. The molecule has 4 aliphatic rings. The fourth-order valence-corrected chi connectivity index (χ4v) is 5.13. The molecular formula is C13H20OS2. The predicted molar refractivity (Wildman–Crippen MR) is 72.8 cm³/mol. The first-order valence-electron chi connectivity index (χ1n) is 6.51. The topological polar surface area (TPSA) is 9.23 Å². The average molecular weight is 256 g/mol. The van der Waals surface area contributed by atoms with Crippen LogP contribution in [0.5, 0.6) is 0 Å². The predicted octanol–water partition coefficient (Wildman–Crippen LogP) is 3.82. The van der Waals surface area contributed by atoms with Crippen molar-refractivity contribution in [2.75, 3.05) is 6.61 Å². The van der Waals surface area contributed by atoms with E-state index in [1.807, 2.05) is 0 Å². The molecule has 0 aliphatic heterocycles. The van der Waals surface area contributed by atoms with Gasteiger partial charge in [0.25, 0.3) is 0 Å². The van der Waals surface area contributed by atoms with Gasteiger partial charge in [0.05, 0.1) is 6.61 Å². The summed E-state index contributed by atoms with van der Waals surface area (Å²) in [6, 6.07) is 0. The minimum atomic E-state index is 0.407. The molecule has 0 saturated heterocycles. The summed E-state index contributed by atoms with van der Waals surface area (Å²) in [7, 11) is 0. The van der Waals surface area contributed by atoms with Crippen LogP contribution in [0.15, 0.2) is 0 Å². The van der Waals surface area contributed by atoms with E-state index in [9.17, 15) is 0 Å². The average Bonchev–Trinajstić information content (AvgIpc) is 2.13. The monoisotopic (exact) mass is 256 g/mol. The van der Waals surface area contributed by atoms with Crippen molar-refractivity contribution in [2.45, 2.75) is 44.9 Å². The summed E-state index contributed by atoms with van der Waals surface area (Å²) in [5.41, 5.74) is 0.618. The van der Waals surface area contributed by atoms with E-state index in [2.05, 4.69) is 12.6 Å². The SMILES string of the molecule is S=C(S)OCCC12CC3CC(CC(C3)C1)C2. The fourth-order valence-electron chi connectivity index (χ4n) is 4.95. The minimum Gasteiger partial charge on any atom is -0.479 e. The van der Waals surface area contributed by atoms with Gasteiger partial charge in [0.2, 0.25) is 4.38 Å². The van der Waals surface area contributed by atoms with Crippen LogP contribution in [0.2, 0.25) is 0 Å². The fraction of sp³-hybridized carbons (Fsp3) is 0.923. The maximum Gasteiger partial charge on any atom is 0.216 e. The van der Waals surface area contributed by atoms with Gasteiger partial charge in [-0.05, 0) is 80.3 Å². The zero-order chi connectivity index (χ0) is 11.2. The molecule has 0 aromatic rings. The number of rotatable bonds is 3. The molecule has 4 saturated carbocycles. The molecule has 0 spiro atoms. The van der Waals surface area contributed by atoms with Crippen molar-refractivity contribution in [1.29, 1.82) is 0 Å². The highest BCUT2D eigenvalue weighted by Crippen LogP contribution is 2.61. The van der Waals surface area contributed by atoms with Gasteiger partial charge in [0.15, 0.2) is 0 Å². The Morgan fingerprint density at radius 1 is 1.12 bits per heavy atom. The second-order valence-corrected chi connectivity index (χ2v) is 7.36. The van der Waals surface area contributed by atoms with Crippen LogP contribution in [-0.2, 0) is 4.74 Å². The zero-order valence-electron chi connectivity index (χ0n) is 9.65. The molecule has 4 fully saturated rings. The number of hydrogen-bond acceptors (Lipinski definition) is 2. The number of ether oxygens (including phenoxy) is 1. The maximum atomic E-state index is 5.38. The molecule has 0 aromatic heterocycles. The Bertz CT molecular complexity index is 265. The van der Waals surface area contributed by atoms with Crippen LogP contribution in [0.1, 0.15) is 44.9 Å². The smallest absolute Gasteiger partial charge is 0.216 e.